The first-order chi connectivity index (χ1) is 27.4. The molecule has 3 rings (SSSR count). The molecule has 1 N–H and O–H groups in total. The summed E-state index contributed by atoms with van der Waals surface area (Å²) in [7, 11) is -4.69. The van der Waals surface area contributed by atoms with Crippen molar-refractivity contribution in [3.8, 4) is 5.75 Å². The van der Waals surface area contributed by atoms with Gasteiger partial charge in [0, 0.05) is 26.2 Å². The van der Waals surface area contributed by atoms with Gasteiger partial charge in [-0.3, -0.25) is 10.1 Å². The first kappa shape index (κ1) is 51.2. The minimum atomic E-state index is -2.71. The Bertz CT molecular complexity index is 1760. The molecule has 0 aliphatic carbocycles. The number of nitro groups is 1. The Morgan fingerprint density at radius 3 is 1.75 bits per heavy atom. The molecule has 0 saturated carbocycles. The molecule has 338 valence electrons. The highest BCUT2D eigenvalue weighted by Gasteiger charge is 2.59. The number of benzene rings is 2. The van der Waals surface area contributed by atoms with Crippen molar-refractivity contribution >= 4 is 42.7 Å². The average molecular weight is 892 g/mol. The van der Waals surface area contributed by atoms with Crippen LogP contribution in [0.25, 0.3) is 0 Å². The number of carbonyl (C=O) groups excluding carboxylic acids is 2. The van der Waals surface area contributed by atoms with Crippen LogP contribution in [0.15, 0.2) is 48.5 Å². The second-order valence-corrected chi connectivity index (χ2v) is 34.6. The number of likely N-dealkylation sites (N-methyl/N-ethyl adjacent to an activating group) is 2. The van der Waals surface area contributed by atoms with E-state index in [1.54, 1.807) is 20.2 Å². The van der Waals surface area contributed by atoms with Gasteiger partial charge in [0.05, 0.1) is 4.92 Å². The Hall–Kier alpha value is -3.17. The molecule has 5 atom stereocenters. The van der Waals surface area contributed by atoms with E-state index in [1.165, 1.54) is 17.0 Å². The van der Waals surface area contributed by atoms with Crippen LogP contribution in [-0.4, -0.2) is 105 Å². The Labute approximate surface area is 361 Å². The molecule has 1 aliphatic heterocycles. The number of nitrogens with one attached hydrogen (secondary N) is 1. The van der Waals surface area contributed by atoms with Crippen LogP contribution in [0.1, 0.15) is 73.4 Å². The highest BCUT2D eigenvalue weighted by molar-refractivity contribution is 6.75. The van der Waals surface area contributed by atoms with Gasteiger partial charge in [-0.2, -0.15) is 0 Å². The fraction of sp³-hybridized carbons (Fsp3) is 0.674. The molecule has 1 fully saturated rings. The molecular weight excluding hydrogens is 819 g/mol. The molecular formula is C43H73N3O11Si3. The number of amides is 1. The first-order valence-corrected chi connectivity index (χ1v) is 29.5. The number of esters is 1. The molecule has 2 aromatic carbocycles. The minimum Gasteiger partial charge on any atom is -0.459 e. The summed E-state index contributed by atoms with van der Waals surface area (Å²) in [6.07, 6.45) is -6.22. The molecule has 0 spiro atoms. The zero-order valence-electron chi connectivity index (χ0n) is 39.2. The molecule has 1 amide bonds. The molecule has 1 saturated heterocycles. The van der Waals surface area contributed by atoms with Crippen LogP contribution in [0.2, 0.25) is 54.4 Å². The first-order valence-electron chi connectivity index (χ1n) is 20.8. The van der Waals surface area contributed by atoms with E-state index in [1.807, 2.05) is 30.3 Å². The monoisotopic (exact) mass is 891 g/mol. The molecule has 0 radical (unpaired) electrons. The number of carbonyl (C=O) groups is 2. The number of hydrogen-bond acceptors (Lipinski definition) is 12. The van der Waals surface area contributed by atoms with Gasteiger partial charge >= 0.3 is 17.7 Å². The van der Waals surface area contributed by atoms with Crippen LogP contribution in [0.4, 0.5) is 10.5 Å². The van der Waals surface area contributed by atoms with Crippen LogP contribution in [0, 0.1) is 10.1 Å². The lowest BCUT2D eigenvalue weighted by atomic mass is 9.99. The number of nitrogens with zero attached hydrogens (tertiary/aromatic N) is 2. The van der Waals surface area contributed by atoms with E-state index >= 15 is 0 Å². The molecule has 1 aliphatic rings. The van der Waals surface area contributed by atoms with Gasteiger partial charge in [0.2, 0.25) is 6.29 Å². The van der Waals surface area contributed by atoms with Crippen molar-refractivity contribution in [2.45, 2.75) is 161 Å². The summed E-state index contributed by atoms with van der Waals surface area (Å²) in [4.78, 5) is 40.7. The van der Waals surface area contributed by atoms with Crippen molar-refractivity contribution in [3.05, 3.63) is 69.8 Å². The maximum Gasteiger partial charge on any atom is 0.409 e. The molecule has 17 heteroatoms. The van der Waals surface area contributed by atoms with Crippen molar-refractivity contribution in [2.24, 2.45) is 0 Å². The maximum absolute atomic E-state index is 14.5. The number of hydrogen-bond donors (Lipinski definition) is 1. The Kier molecular flexibility index (Phi) is 17.0. The van der Waals surface area contributed by atoms with Crippen LogP contribution >= 0.6 is 0 Å². The lowest BCUT2D eigenvalue weighted by molar-refractivity contribution is -0.387. The Morgan fingerprint density at radius 1 is 0.750 bits per heavy atom. The summed E-state index contributed by atoms with van der Waals surface area (Å²) in [5.74, 6) is -0.807. The average Bonchev–Trinajstić information content (AvgIpc) is 3.13. The fourth-order valence-electron chi connectivity index (χ4n) is 5.49. The molecule has 2 aromatic rings. The van der Waals surface area contributed by atoms with E-state index in [9.17, 15) is 19.7 Å². The van der Waals surface area contributed by atoms with Crippen LogP contribution in [0.5, 0.6) is 5.75 Å². The Balaban J connectivity index is 2.25. The van der Waals surface area contributed by atoms with Crippen molar-refractivity contribution in [1.29, 1.82) is 0 Å². The lowest BCUT2D eigenvalue weighted by Gasteiger charge is -2.53. The van der Waals surface area contributed by atoms with Crippen molar-refractivity contribution < 1.29 is 46.7 Å². The van der Waals surface area contributed by atoms with Crippen LogP contribution in [0.3, 0.4) is 0 Å². The summed E-state index contributed by atoms with van der Waals surface area (Å²) < 4.78 is 46.6. The third kappa shape index (κ3) is 13.2. The SMILES string of the molecule is CNCCN(C)C(=O)OCc1ccc(O[C@@H]2O[C@H](C(=O)OCc3ccccc3)[C@@H](O[Si](C)(C)C(C)(C)C)[C@H](O[Si](C)(C)C(C)(C)C)[C@H]2O[Si](C)(C)C(C)(C)C)c([N+](=O)[O-])c1. The molecule has 1 heterocycles. The van der Waals surface area contributed by atoms with Gasteiger partial charge in [-0.1, -0.05) is 98.7 Å². The predicted octanol–water partition coefficient (Wildman–Crippen LogP) is 9.40. The second-order valence-electron chi connectivity index (χ2n) is 20.3. The van der Waals surface area contributed by atoms with E-state index in [2.05, 4.69) is 107 Å². The zero-order chi connectivity index (χ0) is 45.6. The molecule has 14 nitrogen and oxygen atoms in total. The molecule has 0 bridgehead atoms. The summed E-state index contributed by atoms with van der Waals surface area (Å²) in [5, 5.41) is 14.9. The van der Waals surface area contributed by atoms with Crippen LogP contribution < -0.4 is 10.1 Å². The third-order valence-electron chi connectivity index (χ3n) is 12.5. The number of nitro benzene ring substituents is 1. The highest BCUT2D eigenvalue weighted by atomic mass is 28.4. The standard InChI is InChI=1S/C43H73N3O11Si3/c1-41(2,3)58(12,13)55-34-35(56-59(14,15)42(4,5)6)37(57-60(16,17)43(7,8)9)39(54-36(34)38(47)51-28-30-21-19-18-20-22-30)53-33-24-23-31(27-32(33)46(49)50)29-52-40(48)45(11)26-25-44-10/h18-24,27,34-37,39,44H,25-26,28-29H2,1-17H3/t34-,35-,36-,37+,39+/m0/s1. The summed E-state index contributed by atoms with van der Waals surface area (Å²) in [6, 6.07) is 13.7. The van der Waals surface area contributed by atoms with E-state index in [-0.39, 0.29) is 39.8 Å². The topological polar surface area (TPSA) is 157 Å². The normalized spacial score (nSPS) is 20.6. The summed E-state index contributed by atoms with van der Waals surface area (Å²) in [5.41, 5.74) is 0.786. The minimum absolute atomic E-state index is 0.0156. The second kappa shape index (κ2) is 19.9. The highest BCUT2D eigenvalue weighted by Crippen LogP contribution is 2.47. The number of rotatable bonds is 17. The molecule has 60 heavy (non-hydrogen) atoms. The lowest BCUT2D eigenvalue weighted by Crippen LogP contribution is -2.69. The van der Waals surface area contributed by atoms with Gasteiger partial charge in [-0.15, -0.1) is 0 Å². The maximum atomic E-state index is 14.5. The quantitative estimate of drug-likeness (QED) is 0.0696. The van der Waals surface area contributed by atoms with Gasteiger partial charge in [-0.25, -0.2) is 9.59 Å². The van der Waals surface area contributed by atoms with Crippen molar-refractivity contribution in [2.75, 3.05) is 27.2 Å². The van der Waals surface area contributed by atoms with E-state index < -0.39 is 72.6 Å². The smallest absolute Gasteiger partial charge is 0.409 e. The van der Waals surface area contributed by atoms with Crippen LogP contribution in [-0.2, 0) is 45.5 Å². The summed E-state index contributed by atoms with van der Waals surface area (Å²) in [6.45, 7) is 32.6. The zero-order valence-corrected chi connectivity index (χ0v) is 42.2. The van der Waals surface area contributed by atoms with Gasteiger partial charge in [-0.05, 0) is 78.6 Å². The van der Waals surface area contributed by atoms with Gasteiger partial charge in [0.15, 0.2) is 36.8 Å². The number of ether oxygens (including phenoxy) is 4. The summed E-state index contributed by atoms with van der Waals surface area (Å²) >= 11 is 0. The van der Waals surface area contributed by atoms with Gasteiger partial charge in [0.1, 0.15) is 31.5 Å². The van der Waals surface area contributed by atoms with Crippen molar-refractivity contribution in [3.63, 3.8) is 0 Å². The van der Waals surface area contributed by atoms with Gasteiger partial charge in [0.25, 0.3) is 0 Å². The molecule has 0 unspecified atom stereocenters. The largest absolute Gasteiger partial charge is 0.459 e. The van der Waals surface area contributed by atoms with E-state index in [4.69, 9.17) is 32.2 Å². The van der Waals surface area contributed by atoms with Crippen molar-refractivity contribution in [1.82, 2.24) is 10.2 Å². The van der Waals surface area contributed by atoms with Gasteiger partial charge < -0.3 is 42.4 Å². The van der Waals surface area contributed by atoms with E-state index in [0.717, 1.165) is 5.56 Å². The molecule has 0 aromatic heterocycles. The Morgan fingerprint density at radius 2 is 1.25 bits per heavy atom. The predicted molar refractivity (Wildman–Crippen MR) is 242 cm³/mol. The van der Waals surface area contributed by atoms with E-state index in [0.29, 0.717) is 18.7 Å². The third-order valence-corrected chi connectivity index (χ3v) is 25.9. The fourth-order valence-corrected chi connectivity index (χ4v) is 9.36.